The predicted octanol–water partition coefficient (Wildman–Crippen LogP) is 2.94. The number of nitrogens with two attached hydrogens (primary N) is 1. The summed E-state index contributed by atoms with van der Waals surface area (Å²) in [5.74, 6) is 6.55. The number of hydrogen-bond donors (Lipinski definition) is 2. The van der Waals surface area contributed by atoms with Crippen LogP contribution in [0.1, 0.15) is 5.69 Å². The average Bonchev–Trinajstić information content (AvgIpc) is 2.47. The number of hydrazine groups is 1. The van der Waals surface area contributed by atoms with Crippen LogP contribution < -0.4 is 11.3 Å². The predicted molar refractivity (Wildman–Crippen MR) is 80.3 cm³/mol. The third kappa shape index (κ3) is 2.17. The van der Waals surface area contributed by atoms with Crippen molar-refractivity contribution in [2.45, 2.75) is 6.92 Å². The van der Waals surface area contributed by atoms with Gasteiger partial charge >= 0.3 is 0 Å². The van der Waals surface area contributed by atoms with Gasteiger partial charge in [-0.05, 0) is 31.2 Å². The van der Waals surface area contributed by atoms with Gasteiger partial charge in [-0.1, -0.05) is 11.6 Å². The third-order valence-electron chi connectivity index (χ3n) is 2.96. The number of hydrogen-bond acceptors (Lipinski definition) is 5. The zero-order chi connectivity index (χ0) is 14.1. The van der Waals surface area contributed by atoms with Crippen LogP contribution in [0.2, 0.25) is 5.02 Å². The normalized spacial score (nSPS) is 10.8. The smallest absolute Gasteiger partial charge is 0.164 e. The number of nitrogens with one attached hydrogen (secondary N) is 1. The van der Waals surface area contributed by atoms with Gasteiger partial charge in [-0.3, -0.25) is 4.98 Å². The van der Waals surface area contributed by atoms with Gasteiger partial charge in [0.2, 0.25) is 0 Å². The lowest BCUT2D eigenvalue weighted by Crippen LogP contribution is -2.10. The van der Waals surface area contributed by atoms with Crippen molar-refractivity contribution in [2.75, 3.05) is 5.43 Å². The number of anilines is 1. The molecule has 0 aliphatic heterocycles. The minimum Gasteiger partial charge on any atom is -0.308 e. The lowest BCUT2D eigenvalue weighted by atomic mass is 10.1. The Labute approximate surface area is 120 Å². The number of nitrogen functional groups attached to an aromatic ring is 1. The molecule has 0 aliphatic carbocycles. The topological polar surface area (TPSA) is 76.7 Å². The number of fused-ring (bicyclic) bond motifs is 1. The van der Waals surface area contributed by atoms with Gasteiger partial charge in [0.05, 0.1) is 10.5 Å². The molecule has 0 unspecified atom stereocenters. The second-order valence-corrected chi connectivity index (χ2v) is 4.76. The number of pyridine rings is 1. The van der Waals surface area contributed by atoms with E-state index in [1.165, 1.54) is 0 Å². The van der Waals surface area contributed by atoms with Crippen LogP contribution in [0.5, 0.6) is 0 Å². The summed E-state index contributed by atoms with van der Waals surface area (Å²) in [6.45, 7) is 1.89. The van der Waals surface area contributed by atoms with E-state index in [-0.39, 0.29) is 0 Å². The Balaban J connectivity index is 2.30. The summed E-state index contributed by atoms with van der Waals surface area (Å²) in [6.07, 6.45) is 1.72. The zero-order valence-electron chi connectivity index (χ0n) is 10.8. The first-order chi connectivity index (χ1) is 9.69. The molecule has 3 rings (SSSR count). The molecule has 6 heteroatoms. The van der Waals surface area contributed by atoms with Gasteiger partial charge in [-0.2, -0.15) is 0 Å². The first kappa shape index (κ1) is 12.8. The summed E-state index contributed by atoms with van der Waals surface area (Å²) in [7, 11) is 0. The van der Waals surface area contributed by atoms with Crippen LogP contribution in [0.3, 0.4) is 0 Å². The quantitative estimate of drug-likeness (QED) is 0.559. The minimum absolute atomic E-state index is 0.562. The molecule has 0 atom stereocenters. The highest BCUT2D eigenvalue weighted by molar-refractivity contribution is 6.35. The Hall–Kier alpha value is -2.24. The lowest BCUT2D eigenvalue weighted by molar-refractivity contribution is 1.10. The Bertz CT molecular complexity index is 788. The largest absolute Gasteiger partial charge is 0.308 e. The van der Waals surface area contributed by atoms with E-state index in [4.69, 9.17) is 17.4 Å². The van der Waals surface area contributed by atoms with E-state index in [9.17, 15) is 0 Å². The Morgan fingerprint density at radius 1 is 1.20 bits per heavy atom. The summed E-state index contributed by atoms with van der Waals surface area (Å²) in [6, 6.07) is 9.23. The molecule has 2 aromatic heterocycles. The fraction of sp³-hybridized carbons (Fsp3) is 0.0714. The summed E-state index contributed by atoms with van der Waals surface area (Å²) in [5, 5.41) is 1.53. The van der Waals surface area contributed by atoms with Crippen LogP contribution in [-0.4, -0.2) is 15.0 Å². The van der Waals surface area contributed by atoms with Crippen molar-refractivity contribution in [2.24, 2.45) is 5.84 Å². The van der Waals surface area contributed by atoms with Crippen LogP contribution in [0.15, 0.2) is 36.5 Å². The molecule has 0 amide bonds. The molecular weight excluding hydrogens is 274 g/mol. The summed E-state index contributed by atoms with van der Waals surface area (Å²) in [5.41, 5.74) is 4.96. The molecule has 0 saturated heterocycles. The van der Waals surface area contributed by atoms with Gasteiger partial charge in [0.1, 0.15) is 5.82 Å². The highest BCUT2D eigenvalue weighted by Gasteiger charge is 2.11. The monoisotopic (exact) mass is 285 g/mol. The standard InChI is InChI=1S/C14H12ClN5/c1-8-7-12(20-16)19-14(18-8)10-4-5-11(15)9-3-2-6-17-13(9)10/h2-7H,16H2,1H3,(H,18,19,20). The molecule has 0 fully saturated rings. The molecule has 3 N–H and O–H groups in total. The number of rotatable bonds is 2. The first-order valence-electron chi connectivity index (χ1n) is 6.05. The van der Waals surface area contributed by atoms with Gasteiger partial charge in [0.25, 0.3) is 0 Å². The fourth-order valence-electron chi connectivity index (χ4n) is 2.08. The number of aromatic nitrogens is 3. The Kier molecular flexibility index (Phi) is 3.22. The van der Waals surface area contributed by atoms with E-state index in [0.717, 1.165) is 22.2 Å². The molecule has 3 aromatic rings. The minimum atomic E-state index is 0.562. The molecule has 20 heavy (non-hydrogen) atoms. The SMILES string of the molecule is Cc1cc(NN)nc(-c2ccc(Cl)c3cccnc23)n1. The van der Waals surface area contributed by atoms with Crippen LogP contribution in [-0.2, 0) is 0 Å². The van der Waals surface area contributed by atoms with Crippen LogP contribution in [0, 0.1) is 6.92 Å². The molecule has 0 spiro atoms. The molecule has 0 radical (unpaired) electrons. The fourth-order valence-corrected chi connectivity index (χ4v) is 2.30. The third-order valence-corrected chi connectivity index (χ3v) is 3.29. The highest BCUT2D eigenvalue weighted by Crippen LogP contribution is 2.30. The van der Waals surface area contributed by atoms with E-state index < -0.39 is 0 Å². The maximum Gasteiger partial charge on any atom is 0.164 e. The van der Waals surface area contributed by atoms with Crippen molar-refractivity contribution in [3.8, 4) is 11.4 Å². The number of aryl methyl sites for hydroxylation is 1. The van der Waals surface area contributed by atoms with Gasteiger partial charge in [0.15, 0.2) is 5.82 Å². The highest BCUT2D eigenvalue weighted by atomic mass is 35.5. The van der Waals surface area contributed by atoms with Crippen molar-refractivity contribution >= 4 is 28.3 Å². The van der Waals surface area contributed by atoms with Crippen molar-refractivity contribution in [3.63, 3.8) is 0 Å². The maximum absolute atomic E-state index is 6.19. The van der Waals surface area contributed by atoms with E-state index in [0.29, 0.717) is 16.7 Å². The van der Waals surface area contributed by atoms with Crippen molar-refractivity contribution in [1.82, 2.24) is 15.0 Å². The van der Waals surface area contributed by atoms with Crippen molar-refractivity contribution < 1.29 is 0 Å². The molecule has 0 bridgehead atoms. The van der Waals surface area contributed by atoms with Crippen molar-refractivity contribution in [3.05, 3.63) is 47.2 Å². The number of halogens is 1. The Morgan fingerprint density at radius 3 is 2.85 bits per heavy atom. The van der Waals surface area contributed by atoms with E-state index in [1.54, 1.807) is 12.3 Å². The van der Waals surface area contributed by atoms with Crippen LogP contribution in [0.25, 0.3) is 22.3 Å². The molecule has 0 saturated carbocycles. The lowest BCUT2D eigenvalue weighted by Gasteiger charge is -2.08. The van der Waals surface area contributed by atoms with Crippen LogP contribution >= 0.6 is 11.6 Å². The van der Waals surface area contributed by atoms with E-state index in [2.05, 4.69) is 20.4 Å². The van der Waals surface area contributed by atoms with E-state index >= 15 is 0 Å². The van der Waals surface area contributed by atoms with Gasteiger partial charge in [-0.25, -0.2) is 15.8 Å². The average molecular weight is 286 g/mol. The summed E-state index contributed by atoms with van der Waals surface area (Å²) >= 11 is 6.19. The molecule has 100 valence electrons. The van der Waals surface area contributed by atoms with Crippen molar-refractivity contribution in [1.29, 1.82) is 0 Å². The zero-order valence-corrected chi connectivity index (χ0v) is 11.5. The van der Waals surface area contributed by atoms with Gasteiger partial charge in [0, 0.05) is 28.9 Å². The molecule has 1 aromatic carbocycles. The maximum atomic E-state index is 6.19. The van der Waals surface area contributed by atoms with E-state index in [1.807, 2.05) is 31.2 Å². The van der Waals surface area contributed by atoms with Crippen LogP contribution in [0.4, 0.5) is 5.82 Å². The van der Waals surface area contributed by atoms with Gasteiger partial charge in [-0.15, -0.1) is 0 Å². The molecule has 5 nitrogen and oxygen atoms in total. The molecule has 0 aliphatic rings. The second kappa shape index (κ2) is 5.03. The second-order valence-electron chi connectivity index (χ2n) is 4.36. The summed E-state index contributed by atoms with van der Waals surface area (Å²) in [4.78, 5) is 13.2. The molecular formula is C14H12ClN5. The summed E-state index contributed by atoms with van der Waals surface area (Å²) < 4.78 is 0. The Morgan fingerprint density at radius 2 is 2.05 bits per heavy atom. The van der Waals surface area contributed by atoms with Gasteiger partial charge < -0.3 is 5.43 Å². The molecule has 2 heterocycles. The first-order valence-corrected chi connectivity index (χ1v) is 6.43. The number of benzene rings is 1. The number of nitrogens with zero attached hydrogens (tertiary/aromatic N) is 3.